The molecule has 0 spiro atoms. The van der Waals surface area contributed by atoms with Gasteiger partial charge in [0.1, 0.15) is 5.75 Å². The highest BCUT2D eigenvalue weighted by Gasteiger charge is 2.36. The Morgan fingerprint density at radius 3 is 2.58 bits per heavy atom. The zero-order valence-corrected chi connectivity index (χ0v) is 19.0. The SMILES string of the molecule is CCOc1ccc(N2C(=O)NC(c3ccccc3)C(c3nc(-c4cccs4)no3)=C2C)cc1. The average Bonchev–Trinajstić information content (AvgIpc) is 3.53. The van der Waals surface area contributed by atoms with Crippen molar-refractivity contribution in [3.8, 4) is 16.5 Å². The molecule has 2 aromatic carbocycles. The molecule has 0 saturated carbocycles. The molecule has 0 aliphatic carbocycles. The molecule has 5 rings (SSSR count). The van der Waals surface area contributed by atoms with Crippen molar-refractivity contribution >= 4 is 28.6 Å². The van der Waals surface area contributed by atoms with Gasteiger partial charge in [0, 0.05) is 5.70 Å². The lowest BCUT2D eigenvalue weighted by atomic mass is 9.94. The Bertz CT molecular complexity index is 1280. The fourth-order valence-corrected chi connectivity index (χ4v) is 4.57. The molecule has 1 N–H and O–H groups in total. The number of rotatable bonds is 6. The van der Waals surface area contributed by atoms with Crippen LogP contribution in [0.1, 0.15) is 31.3 Å². The van der Waals surface area contributed by atoms with Crippen LogP contribution in [0.4, 0.5) is 10.5 Å². The number of ether oxygens (including phenoxy) is 1. The lowest BCUT2D eigenvalue weighted by molar-refractivity contribution is 0.244. The number of benzene rings is 2. The van der Waals surface area contributed by atoms with Crippen molar-refractivity contribution in [3.05, 3.63) is 89.3 Å². The van der Waals surface area contributed by atoms with Gasteiger partial charge in [0.15, 0.2) is 0 Å². The highest BCUT2D eigenvalue weighted by molar-refractivity contribution is 7.13. The molecule has 1 aliphatic heterocycles. The largest absolute Gasteiger partial charge is 0.494 e. The second kappa shape index (κ2) is 8.91. The van der Waals surface area contributed by atoms with Gasteiger partial charge in [-0.25, -0.2) is 4.79 Å². The second-order valence-corrected chi connectivity index (χ2v) is 8.40. The van der Waals surface area contributed by atoms with E-state index in [1.807, 2.05) is 86.0 Å². The van der Waals surface area contributed by atoms with Crippen molar-refractivity contribution in [2.45, 2.75) is 19.9 Å². The monoisotopic (exact) mass is 458 g/mol. The molecule has 1 unspecified atom stereocenters. The molecule has 166 valence electrons. The minimum atomic E-state index is -0.422. The van der Waals surface area contributed by atoms with Gasteiger partial charge in [-0.15, -0.1) is 11.3 Å². The third-order valence-corrected chi connectivity index (χ3v) is 6.29. The second-order valence-electron chi connectivity index (χ2n) is 7.46. The number of urea groups is 1. The van der Waals surface area contributed by atoms with Gasteiger partial charge in [-0.05, 0) is 55.1 Å². The topological polar surface area (TPSA) is 80.5 Å². The van der Waals surface area contributed by atoms with Crippen LogP contribution in [-0.2, 0) is 0 Å². The molecular weight excluding hydrogens is 436 g/mol. The van der Waals surface area contributed by atoms with Crippen LogP contribution in [0.15, 0.2) is 82.3 Å². The van der Waals surface area contributed by atoms with Crippen LogP contribution in [-0.4, -0.2) is 22.8 Å². The molecule has 8 heteroatoms. The number of nitrogens with zero attached hydrogens (tertiary/aromatic N) is 3. The highest BCUT2D eigenvalue weighted by atomic mass is 32.1. The molecule has 0 radical (unpaired) electrons. The molecule has 0 saturated heterocycles. The van der Waals surface area contributed by atoms with E-state index in [-0.39, 0.29) is 6.03 Å². The van der Waals surface area contributed by atoms with E-state index in [9.17, 15) is 4.79 Å². The summed E-state index contributed by atoms with van der Waals surface area (Å²) in [6.07, 6.45) is 0. The summed E-state index contributed by atoms with van der Waals surface area (Å²) in [6.45, 7) is 4.41. The zero-order valence-electron chi connectivity index (χ0n) is 18.2. The smallest absolute Gasteiger partial charge is 0.326 e. The number of carbonyl (C=O) groups excluding carboxylic acids is 1. The first kappa shape index (κ1) is 21.0. The third-order valence-electron chi connectivity index (χ3n) is 5.42. The fourth-order valence-electron chi connectivity index (χ4n) is 3.92. The van der Waals surface area contributed by atoms with Gasteiger partial charge in [-0.1, -0.05) is 41.6 Å². The van der Waals surface area contributed by atoms with Crippen LogP contribution in [0.25, 0.3) is 16.3 Å². The van der Waals surface area contributed by atoms with Gasteiger partial charge in [0.05, 0.1) is 28.8 Å². The number of anilines is 1. The lowest BCUT2D eigenvalue weighted by Crippen LogP contribution is -2.46. The van der Waals surface area contributed by atoms with Crippen molar-refractivity contribution in [2.24, 2.45) is 0 Å². The number of nitrogens with one attached hydrogen (secondary N) is 1. The maximum absolute atomic E-state index is 13.3. The normalized spacial score (nSPS) is 16.1. The molecule has 0 bridgehead atoms. The minimum Gasteiger partial charge on any atom is -0.494 e. The molecule has 7 nitrogen and oxygen atoms in total. The van der Waals surface area contributed by atoms with Gasteiger partial charge in [0.25, 0.3) is 5.89 Å². The van der Waals surface area contributed by atoms with Crippen LogP contribution < -0.4 is 15.0 Å². The first-order valence-electron chi connectivity index (χ1n) is 10.6. The number of hydrogen-bond donors (Lipinski definition) is 1. The van der Waals surface area contributed by atoms with Crippen LogP contribution in [0.3, 0.4) is 0 Å². The Labute approximate surface area is 195 Å². The number of aromatic nitrogens is 2. The quantitative estimate of drug-likeness (QED) is 0.389. The molecular formula is C25H22N4O3S. The average molecular weight is 459 g/mol. The standard InChI is InChI=1S/C25H22N4O3S/c1-3-31-19-13-11-18(12-14-19)29-16(2)21(22(26-25(29)30)17-8-5-4-6-9-17)24-27-23(28-32-24)20-10-7-15-33-20/h4-15,22H,3H2,1-2H3,(H,26,30). The van der Waals surface area contributed by atoms with Crippen molar-refractivity contribution in [1.29, 1.82) is 0 Å². The number of thiophene rings is 1. The van der Waals surface area contributed by atoms with Crippen LogP contribution in [0, 0.1) is 0 Å². The summed E-state index contributed by atoms with van der Waals surface area (Å²) in [6, 6.07) is 20.4. The summed E-state index contributed by atoms with van der Waals surface area (Å²) >= 11 is 1.54. The van der Waals surface area contributed by atoms with Crippen LogP contribution in [0.5, 0.6) is 5.75 Å². The van der Waals surface area contributed by atoms with E-state index in [1.54, 1.807) is 16.2 Å². The van der Waals surface area contributed by atoms with Crippen molar-refractivity contribution in [2.75, 3.05) is 11.5 Å². The first-order chi connectivity index (χ1) is 16.2. The van der Waals surface area contributed by atoms with Crippen molar-refractivity contribution in [1.82, 2.24) is 15.5 Å². The number of carbonyl (C=O) groups is 1. The van der Waals surface area contributed by atoms with E-state index in [0.717, 1.165) is 33.1 Å². The number of hydrogen-bond acceptors (Lipinski definition) is 6. The van der Waals surface area contributed by atoms with Gasteiger partial charge in [-0.3, -0.25) is 4.90 Å². The van der Waals surface area contributed by atoms with E-state index in [1.165, 1.54) is 0 Å². The maximum atomic E-state index is 13.3. The van der Waals surface area contributed by atoms with Crippen LogP contribution in [0.2, 0.25) is 0 Å². The molecule has 0 fully saturated rings. The maximum Gasteiger partial charge on any atom is 0.326 e. The summed E-state index contributed by atoms with van der Waals surface area (Å²) in [7, 11) is 0. The van der Waals surface area contributed by atoms with Crippen molar-refractivity contribution < 1.29 is 14.1 Å². The highest BCUT2D eigenvalue weighted by Crippen LogP contribution is 2.39. The van der Waals surface area contributed by atoms with E-state index >= 15 is 0 Å². The van der Waals surface area contributed by atoms with Gasteiger partial charge in [-0.2, -0.15) is 4.98 Å². The Balaban J connectivity index is 1.61. The summed E-state index contributed by atoms with van der Waals surface area (Å²) in [5, 5.41) is 9.27. The molecule has 3 heterocycles. The predicted octanol–water partition coefficient (Wildman–Crippen LogP) is 5.90. The van der Waals surface area contributed by atoms with E-state index in [4.69, 9.17) is 9.26 Å². The molecule has 1 aliphatic rings. The molecule has 33 heavy (non-hydrogen) atoms. The van der Waals surface area contributed by atoms with Gasteiger partial charge < -0.3 is 14.6 Å². The molecule has 2 aromatic heterocycles. The van der Waals surface area contributed by atoms with Gasteiger partial charge in [0.2, 0.25) is 5.82 Å². The fraction of sp³-hybridized carbons (Fsp3) is 0.160. The molecule has 1 atom stereocenters. The van der Waals surface area contributed by atoms with Crippen molar-refractivity contribution in [3.63, 3.8) is 0 Å². The minimum absolute atomic E-state index is 0.229. The number of amides is 2. The summed E-state index contributed by atoms with van der Waals surface area (Å²) in [5.41, 5.74) is 3.13. The molecule has 4 aromatic rings. The third kappa shape index (κ3) is 4.01. The lowest BCUT2D eigenvalue weighted by Gasteiger charge is -2.35. The molecule has 2 amide bonds. The summed E-state index contributed by atoms with van der Waals surface area (Å²) < 4.78 is 11.3. The van der Waals surface area contributed by atoms with Crippen LogP contribution >= 0.6 is 11.3 Å². The number of allylic oxidation sites excluding steroid dienone is 1. The van der Waals surface area contributed by atoms with E-state index < -0.39 is 6.04 Å². The van der Waals surface area contributed by atoms with E-state index in [2.05, 4.69) is 15.5 Å². The Kier molecular flexibility index (Phi) is 5.66. The predicted molar refractivity (Wildman–Crippen MR) is 128 cm³/mol. The van der Waals surface area contributed by atoms with E-state index in [0.29, 0.717) is 18.3 Å². The zero-order chi connectivity index (χ0) is 22.8. The Hall–Kier alpha value is -3.91. The summed E-state index contributed by atoms with van der Waals surface area (Å²) in [5.74, 6) is 1.65. The summed E-state index contributed by atoms with van der Waals surface area (Å²) in [4.78, 5) is 20.5. The Morgan fingerprint density at radius 2 is 1.88 bits per heavy atom. The Morgan fingerprint density at radius 1 is 1.09 bits per heavy atom. The first-order valence-corrected chi connectivity index (χ1v) is 11.5. The van der Waals surface area contributed by atoms with Gasteiger partial charge >= 0.3 is 6.03 Å².